The van der Waals surface area contributed by atoms with Gasteiger partial charge >= 0.3 is 0 Å². The lowest BCUT2D eigenvalue weighted by molar-refractivity contribution is 0.298. The summed E-state index contributed by atoms with van der Waals surface area (Å²) in [6.07, 6.45) is 2.24. The van der Waals surface area contributed by atoms with Crippen molar-refractivity contribution in [3.05, 3.63) is 24.3 Å². The second-order valence-electron chi connectivity index (χ2n) is 4.84. The number of benzene rings is 1. The summed E-state index contributed by atoms with van der Waals surface area (Å²) in [5.74, 6) is 0.956. The lowest BCUT2D eigenvalue weighted by Crippen LogP contribution is -2.25. The van der Waals surface area contributed by atoms with Gasteiger partial charge in [-0.3, -0.25) is 0 Å². The van der Waals surface area contributed by atoms with Crippen molar-refractivity contribution in [3.8, 4) is 5.75 Å². The van der Waals surface area contributed by atoms with E-state index in [-0.39, 0.29) is 0 Å². The van der Waals surface area contributed by atoms with Crippen molar-refractivity contribution in [2.75, 3.05) is 32.1 Å². The van der Waals surface area contributed by atoms with Gasteiger partial charge in [0.25, 0.3) is 0 Å². The molecule has 3 nitrogen and oxygen atoms in total. The third-order valence-electron chi connectivity index (χ3n) is 2.94. The Balaban J connectivity index is 2.29. The third-order valence-corrected chi connectivity index (χ3v) is 2.94. The van der Waals surface area contributed by atoms with Gasteiger partial charge in [-0.2, -0.15) is 0 Å². The Labute approximate surface area is 111 Å². The molecular weight excluding hydrogens is 224 g/mol. The molecule has 1 unspecified atom stereocenters. The molecule has 0 aromatic heterocycles. The Morgan fingerprint density at radius 1 is 1.33 bits per heavy atom. The van der Waals surface area contributed by atoms with Crippen molar-refractivity contribution in [2.45, 2.75) is 32.7 Å². The topological polar surface area (TPSA) is 24.5 Å². The molecule has 18 heavy (non-hydrogen) atoms. The molecule has 1 aromatic rings. The van der Waals surface area contributed by atoms with Crippen molar-refractivity contribution in [3.63, 3.8) is 0 Å². The second-order valence-corrected chi connectivity index (χ2v) is 4.84. The van der Waals surface area contributed by atoms with Crippen molar-refractivity contribution >= 4 is 5.69 Å². The number of nitrogens with zero attached hydrogens (tertiary/aromatic N) is 1. The van der Waals surface area contributed by atoms with Gasteiger partial charge in [-0.15, -0.1) is 0 Å². The minimum Gasteiger partial charge on any atom is -0.494 e. The molecule has 0 heterocycles. The summed E-state index contributed by atoms with van der Waals surface area (Å²) >= 11 is 0. The smallest absolute Gasteiger partial charge is 0.121 e. The molecule has 0 amide bonds. The number of nitrogens with one attached hydrogen (secondary N) is 1. The fourth-order valence-corrected chi connectivity index (χ4v) is 1.88. The van der Waals surface area contributed by atoms with Gasteiger partial charge < -0.3 is 15.0 Å². The van der Waals surface area contributed by atoms with Crippen LogP contribution in [-0.4, -0.2) is 33.3 Å². The van der Waals surface area contributed by atoms with Gasteiger partial charge in [-0.25, -0.2) is 0 Å². The maximum atomic E-state index is 5.77. The zero-order chi connectivity index (χ0) is 13.4. The highest BCUT2D eigenvalue weighted by molar-refractivity contribution is 5.49. The lowest BCUT2D eigenvalue weighted by Gasteiger charge is -2.15. The van der Waals surface area contributed by atoms with Gasteiger partial charge in [0.05, 0.1) is 6.61 Å². The van der Waals surface area contributed by atoms with E-state index in [4.69, 9.17) is 4.74 Å². The molecule has 0 bridgehead atoms. The molecule has 0 fully saturated rings. The number of hydrogen-bond donors (Lipinski definition) is 1. The standard InChI is InChI=1S/C15H26N2O/c1-5-16-13(2)8-7-11-18-15-10-6-9-14(12-15)17(3)4/h6,9-10,12-13,16H,5,7-8,11H2,1-4H3. The van der Waals surface area contributed by atoms with E-state index in [1.54, 1.807) is 0 Å². The van der Waals surface area contributed by atoms with Crippen LogP contribution in [0.1, 0.15) is 26.7 Å². The zero-order valence-corrected chi connectivity index (χ0v) is 12.1. The lowest BCUT2D eigenvalue weighted by atomic mass is 10.2. The van der Waals surface area contributed by atoms with E-state index in [1.165, 1.54) is 5.69 Å². The summed E-state index contributed by atoms with van der Waals surface area (Å²) in [5, 5.41) is 3.41. The first-order valence-corrected chi connectivity index (χ1v) is 6.77. The molecule has 0 spiro atoms. The minimum atomic E-state index is 0.576. The molecule has 3 heteroatoms. The molecule has 0 saturated carbocycles. The van der Waals surface area contributed by atoms with Crippen LogP contribution in [0.3, 0.4) is 0 Å². The van der Waals surface area contributed by atoms with E-state index in [0.717, 1.165) is 31.7 Å². The molecule has 0 radical (unpaired) electrons. The van der Waals surface area contributed by atoms with Crippen molar-refractivity contribution in [2.24, 2.45) is 0 Å². The molecular formula is C15H26N2O. The highest BCUT2D eigenvalue weighted by atomic mass is 16.5. The van der Waals surface area contributed by atoms with Crippen LogP contribution in [0.2, 0.25) is 0 Å². The molecule has 0 saturated heterocycles. The molecule has 1 atom stereocenters. The maximum absolute atomic E-state index is 5.77. The maximum Gasteiger partial charge on any atom is 0.121 e. The Morgan fingerprint density at radius 2 is 2.11 bits per heavy atom. The second kappa shape index (κ2) is 7.98. The van der Waals surface area contributed by atoms with E-state index in [1.807, 2.05) is 26.2 Å². The fraction of sp³-hybridized carbons (Fsp3) is 0.600. The minimum absolute atomic E-state index is 0.576. The molecule has 1 aromatic carbocycles. The van der Waals surface area contributed by atoms with E-state index in [0.29, 0.717) is 6.04 Å². The van der Waals surface area contributed by atoms with E-state index in [9.17, 15) is 0 Å². The van der Waals surface area contributed by atoms with Crippen molar-refractivity contribution in [1.82, 2.24) is 5.32 Å². The van der Waals surface area contributed by atoms with E-state index < -0.39 is 0 Å². The normalized spacial score (nSPS) is 12.2. The summed E-state index contributed by atoms with van der Waals surface area (Å²) in [6.45, 7) is 6.18. The molecule has 102 valence electrons. The fourth-order valence-electron chi connectivity index (χ4n) is 1.88. The zero-order valence-electron chi connectivity index (χ0n) is 12.1. The van der Waals surface area contributed by atoms with Crippen molar-refractivity contribution in [1.29, 1.82) is 0 Å². The average molecular weight is 250 g/mol. The summed E-state index contributed by atoms with van der Waals surface area (Å²) < 4.78 is 5.77. The van der Waals surface area contributed by atoms with Crippen LogP contribution in [0, 0.1) is 0 Å². The molecule has 0 aliphatic carbocycles. The van der Waals surface area contributed by atoms with Gasteiger partial charge in [-0.05, 0) is 38.4 Å². The molecule has 1 rings (SSSR count). The van der Waals surface area contributed by atoms with E-state index >= 15 is 0 Å². The molecule has 1 N–H and O–H groups in total. The van der Waals surface area contributed by atoms with Gasteiger partial charge in [-0.1, -0.05) is 13.0 Å². The van der Waals surface area contributed by atoms with Gasteiger partial charge in [0, 0.05) is 31.9 Å². The van der Waals surface area contributed by atoms with Crippen LogP contribution >= 0.6 is 0 Å². The summed E-state index contributed by atoms with van der Waals surface area (Å²) in [6, 6.07) is 8.78. The van der Waals surface area contributed by atoms with Crippen LogP contribution in [0.25, 0.3) is 0 Å². The monoisotopic (exact) mass is 250 g/mol. The summed E-state index contributed by atoms with van der Waals surface area (Å²) in [7, 11) is 4.08. The number of rotatable bonds is 8. The van der Waals surface area contributed by atoms with E-state index in [2.05, 4.69) is 36.2 Å². The average Bonchev–Trinajstić information content (AvgIpc) is 2.35. The Bertz CT molecular complexity index is 339. The quantitative estimate of drug-likeness (QED) is 0.718. The van der Waals surface area contributed by atoms with Crippen LogP contribution in [0.4, 0.5) is 5.69 Å². The van der Waals surface area contributed by atoms with Gasteiger partial charge in [0.1, 0.15) is 5.75 Å². The van der Waals surface area contributed by atoms with Crippen molar-refractivity contribution < 1.29 is 4.74 Å². The van der Waals surface area contributed by atoms with Gasteiger partial charge in [0.15, 0.2) is 0 Å². The largest absolute Gasteiger partial charge is 0.494 e. The van der Waals surface area contributed by atoms with Crippen LogP contribution < -0.4 is 15.0 Å². The van der Waals surface area contributed by atoms with Crippen LogP contribution in [-0.2, 0) is 0 Å². The molecule has 0 aliphatic rings. The van der Waals surface area contributed by atoms with Crippen LogP contribution in [0.5, 0.6) is 5.75 Å². The Kier molecular flexibility index (Phi) is 6.58. The Morgan fingerprint density at radius 3 is 2.78 bits per heavy atom. The third kappa shape index (κ3) is 5.41. The highest BCUT2D eigenvalue weighted by Crippen LogP contribution is 2.19. The SMILES string of the molecule is CCNC(C)CCCOc1cccc(N(C)C)c1. The summed E-state index contributed by atoms with van der Waals surface area (Å²) in [4.78, 5) is 2.08. The number of hydrogen-bond acceptors (Lipinski definition) is 3. The van der Waals surface area contributed by atoms with Gasteiger partial charge in [0.2, 0.25) is 0 Å². The highest BCUT2D eigenvalue weighted by Gasteiger charge is 2.01. The number of ether oxygens (including phenoxy) is 1. The molecule has 0 aliphatic heterocycles. The predicted octanol–water partition coefficient (Wildman–Crippen LogP) is 2.91. The van der Waals surface area contributed by atoms with Crippen LogP contribution in [0.15, 0.2) is 24.3 Å². The Hall–Kier alpha value is -1.22. The first-order chi connectivity index (χ1) is 8.63. The summed E-state index contributed by atoms with van der Waals surface area (Å²) in [5.41, 5.74) is 1.17. The first-order valence-electron chi connectivity index (χ1n) is 6.77. The number of anilines is 1. The predicted molar refractivity (Wildman–Crippen MR) is 78.6 cm³/mol. The first kappa shape index (κ1) is 14.8.